The third-order valence-corrected chi connectivity index (χ3v) is 5.40. The number of alkyl halides is 3. The quantitative estimate of drug-likeness (QED) is 0.720. The highest BCUT2D eigenvalue weighted by molar-refractivity contribution is 7.91. The van der Waals surface area contributed by atoms with Crippen LogP contribution in [0.5, 0.6) is 0 Å². The normalized spacial score (nSPS) is 12.8. The van der Waals surface area contributed by atoms with E-state index in [1.807, 2.05) is 0 Å². The van der Waals surface area contributed by atoms with Crippen molar-refractivity contribution in [3.63, 3.8) is 0 Å². The Hall–Kier alpha value is -0.640. The fraction of sp³-hybridized carbons (Fsp3) is 0.636. The van der Waals surface area contributed by atoms with Crippen molar-refractivity contribution in [2.75, 3.05) is 13.6 Å². The van der Waals surface area contributed by atoms with Crippen molar-refractivity contribution in [2.45, 2.75) is 36.2 Å². The fourth-order valence-electron chi connectivity index (χ4n) is 1.52. The lowest BCUT2D eigenvalue weighted by Crippen LogP contribution is -2.24. The number of rotatable bonds is 8. The summed E-state index contributed by atoms with van der Waals surface area (Å²) in [4.78, 5) is 0. The van der Waals surface area contributed by atoms with Gasteiger partial charge in [-0.25, -0.2) is 13.1 Å². The number of hydrogen-bond acceptors (Lipinski definition) is 4. The van der Waals surface area contributed by atoms with E-state index < -0.39 is 22.6 Å². The molecule has 1 aromatic rings. The maximum atomic E-state index is 11.9. The second-order valence-electron chi connectivity index (χ2n) is 4.27. The highest BCUT2D eigenvalue weighted by Gasteiger charge is 2.26. The summed E-state index contributed by atoms with van der Waals surface area (Å²) in [6.45, 7) is 0.579. The molecule has 0 saturated carbocycles. The minimum atomic E-state index is -4.19. The number of thiophene rings is 1. The summed E-state index contributed by atoms with van der Waals surface area (Å²) in [6, 6.07) is 1.55. The van der Waals surface area contributed by atoms with Crippen molar-refractivity contribution >= 4 is 21.4 Å². The van der Waals surface area contributed by atoms with Gasteiger partial charge in [-0.3, -0.25) is 0 Å². The molecular formula is C11H17F3N2O2S2. The maximum absolute atomic E-state index is 11.9. The molecule has 1 heterocycles. The van der Waals surface area contributed by atoms with E-state index >= 15 is 0 Å². The van der Waals surface area contributed by atoms with Gasteiger partial charge in [-0.2, -0.15) is 13.2 Å². The molecule has 0 spiro atoms. The van der Waals surface area contributed by atoms with E-state index in [2.05, 4.69) is 10.0 Å². The summed E-state index contributed by atoms with van der Waals surface area (Å²) >= 11 is 1.09. The standard InChI is InChI=1S/C11H17F3N2O2S2/c1-15-7-9-6-10(19-8-9)20(17,18)16-5-3-2-4-11(12,13)14/h6,8,15-16H,2-5,7H2,1H3. The van der Waals surface area contributed by atoms with Gasteiger partial charge < -0.3 is 5.32 Å². The summed E-state index contributed by atoms with van der Waals surface area (Å²) in [6.07, 6.45) is -5.00. The summed E-state index contributed by atoms with van der Waals surface area (Å²) in [7, 11) is -1.86. The van der Waals surface area contributed by atoms with E-state index in [1.165, 1.54) is 0 Å². The first kappa shape index (κ1) is 17.4. The van der Waals surface area contributed by atoms with Crippen molar-refractivity contribution in [1.82, 2.24) is 10.0 Å². The molecule has 116 valence electrons. The summed E-state index contributed by atoms with van der Waals surface area (Å²) < 4.78 is 62.0. The van der Waals surface area contributed by atoms with Crippen molar-refractivity contribution in [3.8, 4) is 0 Å². The molecule has 0 unspecified atom stereocenters. The number of sulfonamides is 1. The van der Waals surface area contributed by atoms with Crippen LogP contribution in [0.1, 0.15) is 24.8 Å². The molecule has 0 aliphatic rings. The lowest BCUT2D eigenvalue weighted by atomic mass is 10.2. The Kier molecular flexibility index (Phi) is 6.44. The zero-order chi connectivity index (χ0) is 15.2. The van der Waals surface area contributed by atoms with E-state index in [0.717, 1.165) is 16.9 Å². The Morgan fingerprint density at radius 2 is 2.00 bits per heavy atom. The Bertz CT molecular complexity index is 512. The van der Waals surface area contributed by atoms with Crippen LogP contribution < -0.4 is 10.0 Å². The largest absolute Gasteiger partial charge is 0.389 e. The minimum absolute atomic E-state index is 0.0116. The molecule has 0 saturated heterocycles. The van der Waals surface area contributed by atoms with Crippen molar-refractivity contribution in [3.05, 3.63) is 17.0 Å². The first-order valence-corrected chi connectivity index (χ1v) is 8.39. The van der Waals surface area contributed by atoms with Gasteiger partial charge in [-0.05, 0) is 36.9 Å². The second-order valence-corrected chi connectivity index (χ2v) is 7.18. The zero-order valence-corrected chi connectivity index (χ0v) is 12.6. The third kappa shape index (κ3) is 6.21. The van der Waals surface area contributed by atoms with Gasteiger partial charge in [-0.15, -0.1) is 11.3 Å². The third-order valence-electron chi connectivity index (χ3n) is 2.45. The monoisotopic (exact) mass is 330 g/mol. The first-order valence-electron chi connectivity index (χ1n) is 6.03. The highest BCUT2D eigenvalue weighted by Crippen LogP contribution is 2.22. The van der Waals surface area contributed by atoms with Gasteiger partial charge in [0, 0.05) is 19.5 Å². The second kappa shape index (κ2) is 7.39. The fourth-order valence-corrected chi connectivity index (χ4v) is 3.85. The molecule has 4 nitrogen and oxygen atoms in total. The van der Waals surface area contributed by atoms with Gasteiger partial charge in [0.25, 0.3) is 0 Å². The Morgan fingerprint density at radius 3 is 2.60 bits per heavy atom. The summed E-state index contributed by atoms with van der Waals surface area (Å²) in [5, 5.41) is 4.64. The lowest BCUT2D eigenvalue weighted by molar-refractivity contribution is -0.135. The van der Waals surface area contributed by atoms with Gasteiger partial charge in [0.2, 0.25) is 10.0 Å². The molecule has 0 atom stereocenters. The van der Waals surface area contributed by atoms with Crippen molar-refractivity contribution in [2.24, 2.45) is 0 Å². The summed E-state index contributed by atoms with van der Waals surface area (Å²) in [5.41, 5.74) is 0.856. The Labute approximate surface area is 120 Å². The number of halogens is 3. The Balaban J connectivity index is 2.41. The van der Waals surface area contributed by atoms with Crippen molar-refractivity contribution < 1.29 is 21.6 Å². The molecule has 0 amide bonds. The molecular weight excluding hydrogens is 313 g/mol. The van der Waals surface area contributed by atoms with Gasteiger partial charge in [0.1, 0.15) is 4.21 Å². The van der Waals surface area contributed by atoms with Crippen LogP contribution in [0, 0.1) is 0 Å². The van der Waals surface area contributed by atoms with E-state index in [9.17, 15) is 21.6 Å². The van der Waals surface area contributed by atoms with Crippen LogP contribution in [0.3, 0.4) is 0 Å². The number of nitrogens with one attached hydrogen (secondary N) is 2. The molecule has 0 aromatic carbocycles. The average molecular weight is 330 g/mol. The van der Waals surface area contributed by atoms with Crippen LogP contribution in [0.2, 0.25) is 0 Å². The predicted molar refractivity (Wildman–Crippen MR) is 72.2 cm³/mol. The van der Waals surface area contributed by atoms with Crippen LogP contribution in [0.15, 0.2) is 15.7 Å². The van der Waals surface area contributed by atoms with Crippen LogP contribution in [-0.4, -0.2) is 28.2 Å². The smallest absolute Gasteiger partial charge is 0.316 e. The van der Waals surface area contributed by atoms with E-state index in [0.29, 0.717) is 6.54 Å². The number of hydrogen-bond donors (Lipinski definition) is 2. The minimum Gasteiger partial charge on any atom is -0.316 e. The average Bonchev–Trinajstić information content (AvgIpc) is 2.77. The van der Waals surface area contributed by atoms with Gasteiger partial charge in [0.15, 0.2) is 0 Å². The van der Waals surface area contributed by atoms with Gasteiger partial charge in [-0.1, -0.05) is 0 Å². The Morgan fingerprint density at radius 1 is 1.30 bits per heavy atom. The molecule has 0 radical (unpaired) electrons. The summed E-state index contributed by atoms with van der Waals surface area (Å²) in [5.74, 6) is 0. The van der Waals surface area contributed by atoms with Crippen LogP contribution in [-0.2, 0) is 16.6 Å². The molecule has 1 aromatic heterocycles. The number of unbranched alkanes of at least 4 members (excludes halogenated alkanes) is 1. The first-order chi connectivity index (χ1) is 9.24. The lowest BCUT2D eigenvalue weighted by Gasteiger charge is -2.06. The molecule has 2 N–H and O–H groups in total. The van der Waals surface area contributed by atoms with Crippen LogP contribution in [0.25, 0.3) is 0 Å². The molecule has 0 aliphatic carbocycles. The van der Waals surface area contributed by atoms with E-state index in [1.54, 1.807) is 18.5 Å². The predicted octanol–water partition coefficient (Wildman–Crippen LogP) is 2.48. The molecule has 20 heavy (non-hydrogen) atoms. The molecule has 0 bridgehead atoms. The molecule has 1 rings (SSSR count). The van der Waals surface area contributed by atoms with E-state index in [-0.39, 0.29) is 23.6 Å². The van der Waals surface area contributed by atoms with Gasteiger partial charge in [0.05, 0.1) is 0 Å². The highest BCUT2D eigenvalue weighted by atomic mass is 32.2. The van der Waals surface area contributed by atoms with E-state index in [4.69, 9.17) is 0 Å². The molecule has 0 fully saturated rings. The van der Waals surface area contributed by atoms with Crippen molar-refractivity contribution in [1.29, 1.82) is 0 Å². The molecule has 0 aliphatic heterocycles. The zero-order valence-electron chi connectivity index (χ0n) is 11.0. The van der Waals surface area contributed by atoms with Crippen LogP contribution >= 0.6 is 11.3 Å². The molecule has 9 heteroatoms. The SMILES string of the molecule is CNCc1csc(S(=O)(=O)NCCCCC(F)(F)F)c1. The van der Waals surface area contributed by atoms with Gasteiger partial charge >= 0.3 is 6.18 Å². The van der Waals surface area contributed by atoms with Crippen LogP contribution in [0.4, 0.5) is 13.2 Å². The maximum Gasteiger partial charge on any atom is 0.389 e. The topological polar surface area (TPSA) is 58.2 Å².